The number of pyridine rings is 1. The van der Waals surface area contributed by atoms with E-state index in [1.807, 2.05) is 60.7 Å². The highest BCUT2D eigenvalue weighted by Crippen LogP contribution is 2.37. The number of rotatable bonds is 12. The van der Waals surface area contributed by atoms with Gasteiger partial charge in [-0.25, -0.2) is 8.78 Å². The van der Waals surface area contributed by atoms with Gasteiger partial charge in [0, 0.05) is 24.8 Å². The fraction of sp³-hybridized carbons (Fsp3) is 0.226. The number of carboxylic acids is 1. The maximum Gasteiger partial charge on any atom is 0.308 e. The highest BCUT2D eigenvalue weighted by atomic mass is 19.1. The lowest BCUT2D eigenvalue weighted by Gasteiger charge is -2.25. The van der Waals surface area contributed by atoms with E-state index in [9.17, 15) is 9.90 Å². The molecule has 0 saturated carbocycles. The molecular weight excluding hydrogens is 502 g/mol. The highest BCUT2D eigenvalue weighted by molar-refractivity contribution is 5.73. The number of benzene rings is 3. The first-order valence-electron chi connectivity index (χ1n) is 12.7. The second-order valence-corrected chi connectivity index (χ2v) is 9.11. The van der Waals surface area contributed by atoms with Crippen molar-refractivity contribution in [3.05, 3.63) is 108 Å². The molecule has 0 aliphatic carbocycles. The standard InChI is InChI=1S/C31H30F2N2O4/c1-3-35(18-21(2)31(36)37)24-16-26(32)29(27(33)17-24)25-14-15-28(38-19-22-10-6-4-7-11-22)34-30(25)39-20-23-12-8-5-9-13-23/h4-17,21H,3,18-20H2,1-2H3,(H,36,37)/t21-/m1/s1. The molecule has 0 bridgehead atoms. The van der Waals surface area contributed by atoms with Crippen molar-refractivity contribution < 1.29 is 28.2 Å². The van der Waals surface area contributed by atoms with Gasteiger partial charge in [0.25, 0.3) is 0 Å². The van der Waals surface area contributed by atoms with Crippen molar-refractivity contribution in [2.24, 2.45) is 5.92 Å². The van der Waals surface area contributed by atoms with E-state index in [0.717, 1.165) is 11.1 Å². The zero-order valence-electron chi connectivity index (χ0n) is 21.8. The molecule has 39 heavy (non-hydrogen) atoms. The molecule has 0 fully saturated rings. The molecule has 4 aromatic rings. The summed E-state index contributed by atoms with van der Waals surface area (Å²) in [5.74, 6) is -3.02. The third-order valence-electron chi connectivity index (χ3n) is 6.24. The van der Waals surface area contributed by atoms with Gasteiger partial charge in [0.1, 0.15) is 24.8 Å². The van der Waals surface area contributed by atoms with Crippen molar-refractivity contribution >= 4 is 11.7 Å². The summed E-state index contributed by atoms with van der Waals surface area (Å²) in [4.78, 5) is 17.4. The fourth-order valence-electron chi connectivity index (χ4n) is 4.09. The van der Waals surface area contributed by atoms with Crippen LogP contribution >= 0.6 is 0 Å². The molecule has 0 spiro atoms. The largest absolute Gasteiger partial charge is 0.481 e. The lowest BCUT2D eigenvalue weighted by atomic mass is 10.0. The number of nitrogens with zero attached hydrogens (tertiary/aromatic N) is 2. The summed E-state index contributed by atoms with van der Waals surface area (Å²) in [5, 5.41) is 9.26. The summed E-state index contributed by atoms with van der Waals surface area (Å²) in [6, 6.07) is 24.4. The number of anilines is 1. The highest BCUT2D eigenvalue weighted by Gasteiger charge is 2.22. The van der Waals surface area contributed by atoms with Gasteiger partial charge in [0.15, 0.2) is 0 Å². The van der Waals surface area contributed by atoms with Crippen LogP contribution in [0.25, 0.3) is 11.1 Å². The van der Waals surface area contributed by atoms with Gasteiger partial charge in [-0.2, -0.15) is 4.98 Å². The SMILES string of the molecule is CCN(C[C@@H](C)C(=O)O)c1cc(F)c(-c2ccc(OCc3ccccc3)nc2OCc2ccccc2)c(F)c1. The predicted molar refractivity (Wildman–Crippen MR) is 146 cm³/mol. The number of ether oxygens (including phenoxy) is 2. The van der Waals surface area contributed by atoms with Crippen LogP contribution in [0.3, 0.4) is 0 Å². The number of hydrogen-bond donors (Lipinski definition) is 1. The number of carboxylic acid groups (broad SMARTS) is 1. The number of carbonyl (C=O) groups is 1. The van der Waals surface area contributed by atoms with E-state index in [0.29, 0.717) is 6.54 Å². The Morgan fingerprint density at radius 3 is 2.00 bits per heavy atom. The van der Waals surface area contributed by atoms with Gasteiger partial charge < -0.3 is 19.5 Å². The van der Waals surface area contributed by atoms with Crippen LogP contribution in [0.1, 0.15) is 25.0 Å². The van der Waals surface area contributed by atoms with E-state index < -0.39 is 23.5 Å². The third kappa shape index (κ3) is 7.10. The van der Waals surface area contributed by atoms with E-state index in [2.05, 4.69) is 4.98 Å². The topological polar surface area (TPSA) is 71.9 Å². The molecule has 1 heterocycles. The smallest absolute Gasteiger partial charge is 0.308 e. The van der Waals surface area contributed by atoms with Crippen molar-refractivity contribution in [2.45, 2.75) is 27.1 Å². The Hall–Kier alpha value is -4.46. The predicted octanol–water partition coefficient (Wildman–Crippen LogP) is 6.73. The Morgan fingerprint density at radius 2 is 1.46 bits per heavy atom. The summed E-state index contributed by atoms with van der Waals surface area (Å²) in [5.41, 5.74) is 1.92. The monoisotopic (exact) mass is 532 g/mol. The first kappa shape index (κ1) is 27.6. The van der Waals surface area contributed by atoms with Gasteiger partial charge in [-0.1, -0.05) is 67.6 Å². The van der Waals surface area contributed by atoms with E-state index in [1.54, 1.807) is 24.8 Å². The van der Waals surface area contributed by atoms with Crippen LogP contribution in [0.4, 0.5) is 14.5 Å². The molecule has 1 atom stereocenters. The van der Waals surface area contributed by atoms with Gasteiger partial charge >= 0.3 is 5.97 Å². The van der Waals surface area contributed by atoms with Crippen LogP contribution in [-0.2, 0) is 18.0 Å². The van der Waals surface area contributed by atoms with Gasteiger partial charge in [0.2, 0.25) is 11.8 Å². The molecule has 0 radical (unpaired) electrons. The van der Waals surface area contributed by atoms with E-state index in [1.165, 1.54) is 18.2 Å². The zero-order valence-corrected chi connectivity index (χ0v) is 21.8. The van der Waals surface area contributed by atoms with Crippen LogP contribution in [-0.4, -0.2) is 29.1 Å². The maximum absolute atomic E-state index is 15.5. The summed E-state index contributed by atoms with van der Waals surface area (Å²) in [7, 11) is 0. The maximum atomic E-state index is 15.5. The van der Waals surface area contributed by atoms with Crippen LogP contribution in [0, 0.1) is 17.6 Å². The number of halogens is 2. The molecule has 0 amide bonds. The first-order chi connectivity index (χ1) is 18.9. The second kappa shape index (κ2) is 12.9. The van der Waals surface area contributed by atoms with E-state index in [-0.39, 0.29) is 48.3 Å². The molecular formula is C31H30F2N2O4. The van der Waals surface area contributed by atoms with Crippen molar-refractivity contribution in [3.63, 3.8) is 0 Å². The Balaban J connectivity index is 1.66. The third-order valence-corrected chi connectivity index (χ3v) is 6.24. The van der Waals surface area contributed by atoms with Crippen LogP contribution in [0.15, 0.2) is 84.9 Å². The summed E-state index contributed by atoms with van der Waals surface area (Å²) in [6.07, 6.45) is 0. The van der Waals surface area contributed by atoms with Crippen molar-refractivity contribution in [2.75, 3.05) is 18.0 Å². The minimum absolute atomic E-state index is 0.0295. The molecule has 0 aliphatic rings. The Bertz CT molecular complexity index is 1380. The molecule has 0 saturated heterocycles. The normalized spacial score (nSPS) is 11.6. The zero-order chi connectivity index (χ0) is 27.8. The minimum Gasteiger partial charge on any atom is -0.481 e. The molecule has 1 aromatic heterocycles. The summed E-state index contributed by atoms with van der Waals surface area (Å²) >= 11 is 0. The molecule has 1 N–H and O–H groups in total. The average Bonchev–Trinajstić information content (AvgIpc) is 2.94. The molecule has 0 aliphatic heterocycles. The van der Waals surface area contributed by atoms with Gasteiger partial charge in [0.05, 0.1) is 17.0 Å². The number of aliphatic carboxylic acids is 1. The van der Waals surface area contributed by atoms with Crippen molar-refractivity contribution in [1.82, 2.24) is 4.98 Å². The van der Waals surface area contributed by atoms with E-state index >= 15 is 8.78 Å². The number of aromatic nitrogens is 1. The molecule has 6 nitrogen and oxygen atoms in total. The second-order valence-electron chi connectivity index (χ2n) is 9.11. The van der Waals surface area contributed by atoms with Gasteiger partial charge in [-0.3, -0.25) is 4.79 Å². The molecule has 202 valence electrons. The molecule has 4 rings (SSSR count). The molecule has 0 unspecified atom stereocenters. The lowest BCUT2D eigenvalue weighted by molar-refractivity contribution is -0.140. The van der Waals surface area contributed by atoms with Crippen molar-refractivity contribution in [1.29, 1.82) is 0 Å². The fourth-order valence-corrected chi connectivity index (χ4v) is 4.09. The quantitative estimate of drug-likeness (QED) is 0.218. The minimum atomic E-state index is -0.980. The van der Waals surface area contributed by atoms with E-state index in [4.69, 9.17) is 9.47 Å². The van der Waals surface area contributed by atoms with Crippen LogP contribution in [0.2, 0.25) is 0 Å². The summed E-state index contributed by atoms with van der Waals surface area (Å²) in [6.45, 7) is 4.26. The molecule has 3 aromatic carbocycles. The number of hydrogen-bond acceptors (Lipinski definition) is 5. The van der Waals surface area contributed by atoms with Gasteiger partial charge in [-0.05, 0) is 36.2 Å². The Labute approximate surface area is 226 Å². The molecule has 8 heteroatoms. The van der Waals surface area contributed by atoms with Crippen LogP contribution < -0.4 is 14.4 Å². The Kier molecular flexibility index (Phi) is 9.10. The van der Waals surface area contributed by atoms with Crippen LogP contribution in [0.5, 0.6) is 11.8 Å². The summed E-state index contributed by atoms with van der Waals surface area (Å²) < 4.78 is 42.8. The van der Waals surface area contributed by atoms with Crippen molar-refractivity contribution in [3.8, 4) is 22.9 Å². The Morgan fingerprint density at radius 1 is 0.897 bits per heavy atom. The average molecular weight is 533 g/mol. The first-order valence-corrected chi connectivity index (χ1v) is 12.7. The van der Waals surface area contributed by atoms with Gasteiger partial charge in [-0.15, -0.1) is 0 Å². The lowest BCUT2D eigenvalue weighted by Crippen LogP contribution is -2.31.